The van der Waals surface area contributed by atoms with Gasteiger partial charge in [0.1, 0.15) is 5.70 Å². The van der Waals surface area contributed by atoms with Gasteiger partial charge in [-0.15, -0.1) is 11.3 Å². The summed E-state index contributed by atoms with van der Waals surface area (Å²) in [5.74, 6) is -0.346. The van der Waals surface area contributed by atoms with Gasteiger partial charge in [0.05, 0.1) is 10.6 Å². The van der Waals surface area contributed by atoms with Gasteiger partial charge < -0.3 is 5.32 Å². The number of halogens is 4. The molecule has 1 aliphatic heterocycles. The molecule has 1 fully saturated rings. The van der Waals surface area contributed by atoms with E-state index in [1.807, 2.05) is 0 Å². The number of rotatable bonds is 2. The molecule has 1 aromatic heterocycles. The van der Waals surface area contributed by atoms with E-state index in [-0.39, 0.29) is 16.0 Å². The summed E-state index contributed by atoms with van der Waals surface area (Å²) in [7, 11) is 0. The highest BCUT2D eigenvalue weighted by atomic mass is 35.5. The van der Waals surface area contributed by atoms with Crippen LogP contribution in [0.4, 0.5) is 13.2 Å². The smallest absolute Gasteiger partial charge is 0.328 e. The summed E-state index contributed by atoms with van der Waals surface area (Å²) in [5, 5.41) is 5.02. The molecule has 9 heteroatoms. The van der Waals surface area contributed by atoms with Gasteiger partial charge in [-0.3, -0.25) is 10.1 Å². The predicted molar refractivity (Wildman–Crippen MR) is 91.6 cm³/mol. The highest BCUT2D eigenvalue weighted by Crippen LogP contribution is 2.38. The summed E-state index contributed by atoms with van der Waals surface area (Å²) in [6, 6.07) is 7.16. The Morgan fingerprint density at radius 2 is 1.92 bits per heavy atom. The first-order valence-corrected chi connectivity index (χ1v) is 8.15. The van der Waals surface area contributed by atoms with Crippen molar-refractivity contribution in [3.8, 4) is 10.4 Å². The van der Waals surface area contributed by atoms with Crippen molar-refractivity contribution in [1.82, 2.24) is 10.6 Å². The van der Waals surface area contributed by atoms with E-state index in [0.717, 1.165) is 6.07 Å². The molecule has 1 saturated heterocycles. The number of amides is 1. The molecule has 0 bridgehead atoms. The average Bonchev–Trinajstić information content (AvgIpc) is 3.06. The quantitative estimate of drug-likeness (QED) is 0.590. The fourth-order valence-corrected chi connectivity index (χ4v) is 3.48. The third-order valence-electron chi connectivity index (χ3n) is 3.19. The Morgan fingerprint density at radius 3 is 2.54 bits per heavy atom. The number of carbonyl (C=O) groups is 1. The van der Waals surface area contributed by atoms with Gasteiger partial charge in [-0.25, -0.2) is 0 Å². The second kappa shape index (κ2) is 6.19. The molecule has 1 aliphatic rings. The fourth-order valence-electron chi connectivity index (χ4n) is 2.11. The van der Waals surface area contributed by atoms with Gasteiger partial charge in [0.25, 0.3) is 5.91 Å². The lowest BCUT2D eigenvalue weighted by molar-refractivity contribution is -0.137. The van der Waals surface area contributed by atoms with Crippen LogP contribution in [-0.4, -0.2) is 11.0 Å². The number of alkyl halides is 3. The van der Waals surface area contributed by atoms with Crippen molar-refractivity contribution in [2.75, 3.05) is 0 Å². The topological polar surface area (TPSA) is 41.1 Å². The SMILES string of the molecule is O=C1NC(=S)N/C1=C/c1ccc(-c2ccc(Cl)c(C(F)(F)F)c2)s1. The summed E-state index contributed by atoms with van der Waals surface area (Å²) < 4.78 is 38.8. The monoisotopic (exact) mass is 388 g/mol. The highest BCUT2D eigenvalue weighted by Gasteiger charge is 2.33. The minimum Gasteiger partial charge on any atom is -0.328 e. The van der Waals surface area contributed by atoms with Crippen molar-refractivity contribution < 1.29 is 18.0 Å². The highest BCUT2D eigenvalue weighted by molar-refractivity contribution is 7.80. The van der Waals surface area contributed by atoms with E-state index < -0.39 is 11.7 Å². The van der Waals surface area contributed by atoms with Crippen LogP contribution in [0.25, 0.3) is 16.5 Å². The van der Waals surface area contributed by atoms with E-state index in [2.05, 4.69) is 10.6 Å². The normalized spacial score (nSPS) is 16.4. The van der Waals surface area contributed by atoms with E-state index in [1.54, 1.807) is 18.2 Å². The van der Waals surface area contributed by atoms with E-state index in [0.29, 0.717) is 21.0 Å². The Kier molecular flexibility index (Phi) is 4.37. The van der Waals surface area contributed by atoms with Crippen LogP contribution in [0, 0.1) is 0 Å². The summed E-state index contributed by atoms with van der Waals surface area (Å²) in [6.07, 6.45) is -2.93. The Labute approximate surface area is 149 Å². The minimum absolute atomic E-state index is 0.218. The lowest BCUT2D eigenvalue weighted by Gasteiger charge is -2.10. The van der Waals surface area contributed by atoms with Gasteiger partial charge in [-0.05, 0) is 48.1 Å². The molecule has 0 unspecified atom stereocenters. The molecule has 0 aliphatic carbocycles. The zero-order valence-corrected chi connectivity index (χ0v) is 14.1. The number of thiophene rings is 1. The van der Waals surface area contributed by atoms with Gasteiger partial charge >= 0.3 is 6.18 Å². The summed E-state index contributed by atoms with van der Waals surface area (Å²) in [6.45, 7) is 0. The molecule has 0 saturated carbocycles. The van der Waals surface area contributed by atoms with Gasteiger partial charge in [0, 0.05) is 9.75 Å². The van der Waals surface area contributed by atoms with Crippen molar-refractivity contribution >= 4 is 52.3 Å². The fraction of sp³-hybridized carbons (Fsp3) is 0.0667. The summed E-state index contributed by atoms with van der Waals surface area (Å²) in [5.41, 5.74) is -0.182. The molecule has 2 N–H and O–H groups in total. The van der Waals surface area contributed by atoms with Crippen LogP contribution in [0.5, 0.6) is 0 Å². The zero-order valence-electron chi connectivity index (χ0n) is 11.7. The predicted octanol–water partition coefficient (Wildman–Crippen LogP) is 4.43. The van der Waals surface area contributed by atoms with Gasteiger partial charge in [-0.2, -0.15) is 13.2 Å². The third-order valence-corrected chi connectivity index (χ3v) is 4.80. The van der Waals surface area contributed by atoms with Crippen LogP contribution < -0.4 is 10.6 Å². The second-order valence-corrected chi connectivity index (χ2v) is 6.79. The van der Waals surface area contributed by atoms with Crippen molar-refractivity contribution in [3.63, 3.8) is 0 Å². The lowest BCUT2D eigenvalue weighted by Crippen LogP contribution is -2.21. The molecule has 0 radical (unpaired) electrons. The Hall–Kier alpha value is -1.90. The number of benzene rings is 1. The van der Waals surface area contributed by atoms with Crippen LogP contribution in [-0.2, 0) is 11.0 Å². The van der Waals surface area contributed by atoms with Crippen molar-refractivity contribution in [1.29, 1.82) is 0 Å². The maximum Gasteiger partial charge on any atom is 0.417 e. The number of thiocarbonyl (C=S) groups is 1. The molecule has 1 aromatic carbocycles. The Balaban J connectivity index is 1.93. The average molecular weight is 389 g/mol. The minimum atomic E-state index is -4.52. The van der Waals surface area contributed by atoms with E-state index in [1.165, 1.54) is 23.5 Å². The van der Waals surface area contributed by atoms with Crippen LogP contribution in [0.1, 0.15) is 10.4 Å². The first-order valence-electron chi connectivity index (χ1n) is 6.55. The first-order chi connectivity index (χ1) is 11.2. The molecule has 124 valence electrons. The third kappa shape index (κ3) is 3.45. The summed E-state index contributed by atoms with van der Waals surface area (Å²) >= 11 is 11.7. The number of carbonyl (C=O) groups excluding carboxylic acids is 1. The largest absolute Gasteiger partial charge is 0.417 e. The molecule has 0 spiro atoms. The lowest BCUT2D eigenvalue weighted by atomic mass is 10.1. The van der Waals surface area contributed by atoms with E-state index in [4.69, 9.17) is 23.8 Å². The van der Waals surface area contributed by atoms with Gasteiger partial charge in [0.2, 0.25) is 0 Å². The molecular formula is C15H8ClF3N2OS2. The molecule has 3 nitrogen and oxygen atoms in total. The molecule has 2 aromatic rings. The zero-order chi connectivity index (χ0) is 17.5. The van der Waals surface area contributed by atoms with E-state index >= 15 is 0 Å². The number of nitrogens with one attached hydrogen (secondary N) is 2. The Morgan fingerprint density at radius 1 is 1.17 bits per heavy atom. The number of hydrogen-bond donors (Lipinski definition) is 2. The molecular weight excluding hydrogens is 381 g/mol. The molecule has 1 amide bonds. The maximum absolute atomic E-state index is 12.9. The van der Waals surface area contributed by atoms with Crippen molar-refractivity contribution in [2.24, 2.45) is 0 Å². The standard InChI is InChI=1S/C15H8ClF3N2OS2/c16-10-3-1-7(5-9(10)15(17,18)19)12-4-2-8(24-12)6-11-13(22)21-14(23)20-11/h1-6H,(H2,20,21,22,23)/b11-6+. The van der Waals surface area contributed by atoms with E-state index in [9.17, 15) is 18.0 Å². The first kappa shape index (κ1) is 16.9. The molecule has 2 heterocycles. The van der Waals surface area contributed by atoms with Crippen LogP contribution >= 0.6 is 35.2 Å². The molecule has 3 rings (SSSR count). The second-order valence-electron chi connectivity index (χ2n) is 4.86. The van der Waals surface area contributed by atoms with Crippen molar-refractivity contribution in [2.45, 2.75) is 6.18 Å². The Bertz CT molecular complexity index is 874. The molecule has 24 heavy (non-hydrogen) atoms. The van der Waals surface area contributed by atoms with Crippen LogP contribution in [0.3, 0.4) is 0 Å². The van der Waals surface area contributed by atoms with Crippen LogP contribution in [0.2, 0.25) is 5.02 Å². The number of hydrogen-bond acceptors (Lipinski definition) is 3. The van der Waals surface area contributed by atoms with Gasteiger partial charge in [0.15, 0.2) is 5.11 Å². The van der Waals surface area contributed by atoms with Crippen LogP contribution in [0.15, 0.2) is 36.0 Å². The van der Waals surface area contributed by atoms with Crippen molar-refractivity contribution in [3.05, 3.63) is 51.5 Å². The van der Waals surface area contributed by atoms with Gasteiger partial charge in [-0.1, -0.05) is 17.7 Å². The maximum atomic E-state index is 12.9. The molecule has 0 atom stereocenters. The summed E-state index contributed by atoms with van der Waals surface area (Å²) in [4.78, 5) is 12.9.